The molecule has 0 bridgehead atoms. The Hall–Kier alpha value is -3.01. The summed E-state index contributed by atoms with van der Waals surface area (Å²) < 4.78 is 10.5. The van der Waals surface area contributed by atoms with E-state index in [-0.39, 0.29) is 48.3 Å². The van der Waals surface area contributed by atoms with Crippen molar-refractivity contribution in [3.8, 4) is 0 Å². The highest BCUT2D eigenvalue weighted by Gasteiger charge is 2.34. The lowest BCUT2D eigenvalue weighted by Crippen LogP contribution is -2.60. The molecular formula is C25H35N3O6S. The fourth-order valence-electron chi connectivity index (χ4n) is 3.50. The number of hydrogen-bond donors (Lipinski definition) is 2. The van der Waals surface area contributed by atoms with Crippen molar-refractivity contribution < 1.29 is 28.7 Å². The molecule has 192 valence electrons. The number of esters is 2. The van der Waals surface area contributed by atoms with Gasteiger partial charge < -0.3 is 25.0 Å². The van der Waals surface area contributed by atoms with Crippen LogP contribution in [0.1, 0.15) is 57.9 Å². The van der Waals surface area contributed by atoms with E-state index in [4.69, 9.17) is 21.7 Å². The minimum atomic E-state index is -0.848. The normalized spacial score (nSPS) is 16.1. The SMILES string of the molecule is CCC(C)OC(=O)CC1C(=O)NCCN1C(=S)NC(=O)CCCC(=O)OCCCc1ccccc1. The first-order valence-electron chi connectivity index (χ1n) is 12.1. The third-order valence-electron chi connectivity index (χ3n) is 5.61. The molecule has 0 radical (unpaired) electrons. The Morgan fingerprint density at radius 3 is 2.63 bits per heavy atom. The van der Waals surface area contributed by atoms with Crippen LogP contribution in [0.2, 0.25) is 0 Å². The Morgan fingerprint density at radius 2 is 1.91 bits per heavy atom. The molecule has 2 N–H and O–H groups in total. The summed E-state index contributed by atoms with van der Waals surface area (Å²) >= 11 is 5.33. The lowest BCUT2D eigenvalue weighted by Gasteiger charge is -2.36. The molecule has 0 aromatic heterocycles. The largest absolute Gasteiger partial charge is 0.466 e. The molecule has 1 saturated heterocycles. The standard InChI is InChI=1S/C25H35N3O6S/c1-3-18(2)34-23(31)17-20-24(32)26-14-15-28(20)25(35)27-21(29)12-7-13-22(30)33-16-8-11-19-9-5-4-6-10-19/h4-6,9-10,18,20H,3,7-8,11-17H2,1-2H3,(H,26,32)(H,27,29,35). The van der Waals surface area contributed by atoms with Gasteiger partial charge in [-0.2, -0.15) is 0 Å². The Bertz CT molecular complexity index is 879. The minimum Gasteiger partial charge on any atom is -0.466 e. The maximum absolute atomic E-state index is 12.3. The molecule has 2 unspecified atom stereocenters. The number of hydrogen-bond acceptors (Lipinski definition) is 7. The number of ether oxygens (including phenoxy) is 2. The maximum atomic E-state index is 12.3. The molecule has 9 nitrogen and oxygen atoms in total. The molecule has 1 fully saturated rings. The molecular weight excluding hydrogens is 470 g/mol. The van der Waals surface area contributed by atoms with E-state index in [1.807, 2.05) is 37.3 Å². The molecule has 10 heteroatoms. The monoisotopic (exact) mass is 505 g/mol. The second kappa shape index (κ2) is 15.1. The number of benzene rings is 1. The van der Waals surface area contributed by atoms with Gasteiger partial charge in [0.15, 0.2) is 5.11 Å². The van der Waals surface area contributed by atoms with Crippen molar-refractivity contribution in [2.24, 2.45) is 0 Å². The average molecular weight is 506 g/mol. The van der Waals surface area contributed by atoms with E-state index in [2.05, 4.69) is 10.6 Å². The summed E-state index contributed by atoms with van der Waals surface area (Å²) in [5.74, 6) is -1.55. The first-order valence-corrected chi connectivity index (χ1v) is 12.5. The van der Waals surface area contributed by atoms with Crippen LogP contribution in [0.25, 0.3) is 0 Å². The number of rotatable bonds is 12. The molecule has 2 amide bonds. The molecule has 2 rings (SSSR count). The van der Waals surface area contributed by atoms with Crippen LogP contribution in [0.4, 0.5) is 0 Å². The zero-order chi connectivity index (χ0) is 25.6. The van der Waals surface area contributed by atoms with E-state index in [0.717, 1.165) is 12.8 Å². The Morgan fingerprint density at radius 1 is 1.17 bits per heavy atom. The molecule has 0 aliphatic carbocycles. The van der Waals surface area contributed by atoms with Crippen molar-refractivity contribution >= 4 is 41.1 Å². The quantitative estimate of drug-likeness (QED) is 0.253. The number of carbonyl (C=O) groups is 4. The van der Waals surface area contributed by atoms with Crippen molar-refractivity contribution in [1.82, 2.24) is 15.5 Å². The van der Waals surface area contributed by atoms with Gasteiger partial charge in [-0.15, -0.1) is 0 Å². The van der Waals surface area contributed by atoms with Crippen LogP contribution in [0.15, 0.2) is 30.3 Å². The highest BCUT2D eigenvalue weighted by molar-refractivity contribution is 7.80. The number of amides is 2. The smallest absolute Gasteiger partial charge is 0.308 e. The third kappa shape index (κ3) is 10.4. The van der Waals surface area contributed by atoms with Crippen molar-refractivity contribution in [3.05, 3.63) is 35.9 Å². The summed E-state index contributed by atoms with van der Waals surface area (Å²) in [6, 6.07) is 9.11. The van der Waals surface area contributed by atoms with Gasteiger partial charge >= 0.3 is 11.9 Å². The van der Waals surface area contributed by atoms with Gasteiger partial charge in [0.25, 0.3) is 0 Å². The minimum absolute atomic E-state index is 0.0784. The van der Waals surface area contributed by atoms with Crippen molar-refractivity contribution in [3.63, 3.8) is 0 Å². The Balaban J connectivity index is 1.69. The van der Waals surface area contributed by atoms with Gasteiger partial charge in [0.2, 0.25) is 11.8 Å². The number of nitrogens with one attached hydrogen (secondary N) is 2. The third-order valence-corrected chi connectivity index (χ3v) is 5.94. The van der Waals surface area contributed by atoms with E-state index in [0.29, 0.717) is 32.5 Å². The van der Waals surface area contributed by atoms with Gasteiger partial charge in [-0.1, -0.05) is 37.3 Å². The predicted octanol–water partition coefficient (Wildman–Crippen LogP) is 2.27. The van der Waals surface area contributed by atoms with E-state index in [1.165, 1.54) is 10.5 Å². The molecule has 1 aromatic carbocycles. The van der Waals surface area contributed by atoms with Crippen LogP contribution in [0.3, 0.4) is 0 Å². The molecule has 1 heterocycles. The fourth-order valence-corrected chi connectivity index (χ4v) is 3.83. The molecule has 0 saturated carbocycles. The Kier molecular flexibility index (Phi) is 12.2. The zero-order valence-electron chi connectivity index (χ0n) is 20.4. The van der Waals surface area contributed by atoms with Gasteiger partial charge in [0.05, 0.1) is 19.1 Å². The van der Waals surface area contributed by atoms with E-state index < -0.39 is 12.0 Å². The molecule has 35 heavy (non-hydrogen) atoms. The van der Waals surface area contributed by atoms with E-state index in [9.17, 15) is 19.2 Å². The molecule has 1 aromatic rings. The number of carbonyl (C=O) groups excluding carboxylic acids is 4. The Labute approximate surface area is 211 Å². The predicted molar refractivity (Wildman–Crippen MR) is 134 cm³/mol. The van der Waals surface area contributed by atoms with E-state index >= 15 is 0 Å². The first-order chi connectivity index (χ1) is 16.8. The van der Waals surface area contributed by atoms with Crippen molar-refractivity contribution in [2.45, 2.75) is 70.9 Å². The van der Waals surface area contributed by atoms with Crippen molar-refractivity contribution in [2.75, 3.05) is 19.7 Å². The van der Waals surface area contributed by atoms with Gasteiger partial charge in [-0.3, -0.25) is 19.2 Å². The van der Waals surface area contributed by atoms with Crippen LogP contribution in [0, 0.1) is 0 Å². The summed E-state index contributed by atoms with van der Waals surface area (Å²) in [6.07, 6.45) is 2.35. The molecule has 2 atom stereocenters. The summed E-state index contributed by atoms with van der Waals surface area (Å²) in [6.45, 7) is 4.72. The summed E-state index contributed by atoms with van der Waals surface area (Å²) in [5, 5.41) is 5.39. The topological polar surface area (TPSA) is 114 Å². The van der Waals surface area contributed by atoms with Gasteiger partial charge in [-0.05, 0) is 50.4 Å². The molecule has 1 aliphatic heterocycles. The second-order valence-electron chi connectivity index (χ2n) is 8.43. The number of nitrogens with zero attached hydrogens (tertiary/aromatic N) is 1. The fraction of sp³-hybridized carbons (Fsp3) is 0.560. The first kappa shape index (κ1) is 28.2. The van der Waals surface area contributed by atoms with Gasteiger partial charge in [-0.25, -0.2) is 0 Å². The van der Waals surface area contributed by atoms with Crippen molar-refractivity contribution in [1.29, 1.82) is 0 Å². The van der Waals surface area contributed by atoms with Crippen LogP contribution in [-0.4, -0.2) is 65.6 Å². The van der Waals surface area contributed by atoms with Gasteiger partial charge in [0, 0.05) is 25.9 Å². The maximum Gasteiger partial charge on any atom is 0.308 e. The second-order valence-corrected chi connectivity index (χ2v) is 8.82. The number of aryl methyl sites for hydroxylation is 1. The lowest BCUT2D eigenvalue weighted by atomic mass is 10.1. The van der Waals surface area contributed by atoms with E-state index in [1.54, 1.807) is 6.92 Å². The summed E-state index contributed by atoms with van der Waals surface area (Å²) in [5.41, 5.74) is 1.19. The lowest BCUT2D eigenvalue weighted by molar-refractivity contribution is -0.151. The van der Waals surface area contributed by atoms with Crippen LogP contribution in [0.5, 0.6) is 0 Å². The van der Waals surface area contributed by atoms with Crippen LogP contribution in [-0.2, 0) is 35.1 Å². The average Bonchev–Trinajstić information content (AvgIpc) is 2.83. The number of thiocarbonyl (C=S) groups is 1. The molecule has 0 spiro atoms. The summed E-state index contributed by atoms with van der Waals surface area (Å²) in [4.78, 5) is 50.3. The summed E-state index contributed by atoms with van der Waals surface area (Å²) in [7, 11) is 0. The number of piperazine rings is 1. The highest BCUT2D eigenvalue weighted by atomic mass is 32.1. The van der Waals surface area contributed by atoms with Crippen LogP contribution < -0.4 is 10.6 Å². The molecule has 1 aliphatic rings. The van der Waals surface area contributed by atoms with Crippen LogP contribution >= 0.6 is 12.2 Å². The van der Waals surface area contributed by atoms with Gasteiger partial charge in [0.1, 0.15) is 6.04 Å². The highest BCUT2D eigenvalue weighted by Crippen LogP contribution is 2.12. The zero-order valence-corrected chi connectivity index (χ0v) is 21.2.